The third-order valence-corrected chi connectivity index (χ3v) is 2.88. The van der Waals surface area contributed by atoms with Gasteiger partial charge in [-0.2, -0.15) is 0 Å². The number of amides is 2. The van der Waals surface area contributed by atoms with Gasteiger partial charge in [0.1, 0.15) is 0 Å². The van der Waals surface area contributed by atoms with E-state index in [0.29, 0.717) is 6.54 Å². The van der Waals surface area contributed by atoms with Crippen LogP contribution in [0.1, 0.15) is 32.6 Å². The van der Waals surface area contributed by atoms with Gasteiger partial charge in [-0.15, -0.1) is 12.4 Å². The molecule has 100 valence electrons. The van der Waals surface area contributed by atoms with Gasteiger partial charge in [0.25, 0.3) is 0 Å². The summed E-state index contributed by atoms with van der Waals surface area (Å²) in [4.78, 5) is 22.8. The number of rotatable bonds is 4. The topological polar surface area (TPSA) is 84.2 Å². The minimum Gasteiger partial charge on any atom is -0.355 e. The van der Waals surface area contributed by atoms with Crippen LogP contribution in [0.4, 0.5) is 0 Å². The molecule has 0 aromatic rings. The van der Waals surface area contributed by atoms with Gasteiger partial charge in [-0.05, 0) is 26.2 Å². The Kier molecular flexibility index (Phi) is 7.91. The predicted molar refractivity (Wildman–Crippen MR) is 68.9 cm³/mol. The Morgan fingerprint density at radius 3 is 2.59 bits per heavy atom. The Labute approximate surface area is 108 Å². The Morgan fingerprint density at radius 2 is 2.00 bits per heavy atom. The van der Waals surface area contributed by atoms with E-state index in [-0.39, 0.29) is 42.7 Å². The summed E-state index contributed by atoms with van der Waals surface area (Å²) in [6, 6.07) is 0.133. The average Bonchev–Trinajstić information content (AvgIpc) is 2.26. The fourth-order valence-corrected chi connectivity index (χ4v) is 2.04. The molecule has 1 rings (SSSR count). The maximum Gasteiger partial charge on any atom is 0.239 e. The standard InChI is InChI=1S/C11H21N3O2.ClH/c1-2-13-10(15)7-14-11(16)8-4-3-5-9(12)6-8;/h8-9H,2-7,12H2,1H3,(H,13,15)(H,14,16);1H. The van der Waals surface area contributed by atoms with E-state index in [2.05, 4.69) is 10.6 Å². The normalized spacial score (nSPS) is 23.4. The molecule has 2 amide bonds. The highest BCUT2D eigenvalue weighted by Crippen LogP contribution is 2.22. The second-order valence-corrected chi connectivity index (χ2v) is 4.29. The molecule has 0 bridgehead atoms. The molecule has 0 heterocycles. The van der Waals surface area contributed by atoms with Crippen LogP contribution in [-0.4, -0.2) is 30.9 Å². The van der Waals surface area contributed by atoms with E-state index in [1.807, 2.05) is 6.92 Å². The monoisotopic (exact) mass is 263 g/mol. The van der Waals surface area contributed by atoms with Gasteiger partial charge < -0.3 is 16.4 Å². The lowest BCUT2D eigenvalue weighted by atomic mass is 9.85. The number of hydrogen-bond acceptors (Lipinski definition) is 3. The molecule has 0 aromatic heterocycles. The van der Waals surface area contributed by atoms with Crippen LogP contribution < -0.4 is 16.4 Å². The largest absolute Gasteiger partial charge is 0.355 e. The zero-order chi connectivity index (χ0) is 12.0. The summed E-state index contributed by atoms with van der Waals surface area (Å²) in [5.74, 6) is -0.199. The van der Waals surface area contributed by atoms with Gasteiger partial charge in [0.15, 0.2) is 0 Å². The van der Waals surface area contributed by atoms with Gasteiger partial charge in [-0.1, -0.05) is 6.42 Å². The van der Waals surface area contributed by atoms with Gasteiger partial charge in [-0.3, -0.25) is 9.59 Å². The van der Waals surface area contributed by atoms with Crippen molar-refractivity contribution in [2.24, 2.45) is 11.7 Å². The number of likely N-dealkylation sites (N-methyl/N-ethyl adjacent to an activating group) is 1. The molecular formula is C11H22ClN3O2. The van der Waals surface area contributed by atoms with Crippen LogP contribution in [0.2, 0.25) is 0 Å². The summed E-state index contributed by atoms with van der Waals surface area (Å²) < 4.78 is 0. The lowest BCUT2D eigenvalue weighted by molar-refractivity contribution is -0.129. The molecule has 1 aliphatic rings. The van der Waals surface area contributed by atoms with Gasteiger partial charge >= 0.3 is 0 Å². The summed E-state index contributed by atoms with van der Waals surface area (Å²) in [6.07, 6.45) is 3.62. The highest BCUT2D eigenvalue weighted by molar-refractivity contribution is 5.86. The maximum atomic E-state index is 11.7. The Hall–Kier alpha value is -0.810. The van der Waals surface area contributed by atoms with Crippen molar-refractivity contribution in [3.05, 3.63) is 0 Å². The fraction of sp³-hybridized carbons (Fsp3) is 0.818. The van der Waals surface area contributed by atoms with Gasteiger partial charge in [0, 0.05) is 18.5 Å². The third kappa shape index (κ3) is 5.89. The van der Waals surface area contributed by atoms with E-state index < -0.39 is 0 Å². The smallest absolute Gasteiger partial charge is 0.239 e. The lowest BCUT2D eigenvalue weighted by Gasteiger charge is -2.25. The number of hydrogen-bond donors (Lipinski definition) is 3. The van der Waals surface area contributed by atoms with Crippen molar-refractivity contribution in [3.8, 4) is 0 Å². The predicted octanol–water partition coefficient (Wildman–Crippen LogP) is 0.178. The maximum absolute atomic E-state index is 11.7. The highest BCUT2D eigenvalue weighted by atomic mass is 35.5. The highest BCUT2D eigenvalue weighted by Gasteiger charge is 2.25. The van der Waals surface area contributed by atoms with Crippen molar-refractivity contribution >= 4 is 24.2 Å². The van der Waals surface area contributed by atoms with Gasteiger partial charge in [0.2, 0.25) is 11.8 Å². The number of nitrogens with one attached hydrogen (secondary N) is 2. The van der Waals surface area contributed by atoms with Crippen molar-refractivity contribution in [1.82, 2.24) is 10.6 Å². The van der Waals surface area contributed by atoms with E-state index >= 15 is 0 Å². The first-order valence-electron chi connectivity index (χ1n) is 5.93. The zero-order valence-corrected chi connectivity index (χ0v) is 11.0. The van der Waals surface area contributed by atoms with Crippen molar-refractivity contribution < 1.29 is 9.59 Å². The molecule has 0 radical (unpaired) electrons. The molecule has 6 heteroatoms. The second-order valence-electron chi connectivity index (χ2n) is 4.29. The van der Waals surface area contributed by atoms with Crippen LogP contribution in [-0.2, 0) is 9.59 Å². The quantitative estimate of drug-likeness (QED) is 0.676. The SMILES string of the molecule is CCNC(=O)CNC(=O)C1CCCC(N)C1.Cl. The molecule has 1 fully saturated rings. The van der Waals surface area contributed by atoms with Crippen molar-refractivity contribution in [2.75, 3.05) is 13.1 Å². The molecule has 0 aromatic carbocycles. The summed E-state index contributed by atoms with van der Waals surface area (Å²) in [5, 5.41) is 5.29. The second kappa shape index (κ2) is 8.31. The molecule has 4 N–H and O–H groups in total. The van der Waals surface area contributed by atoms with Crippen LogP contribution in [0.15, 0.2) is 0 Å². The number of carbonyl (C=O) groups excluding carboxylic acids is 2. The molecule has 1 aliphatic carbocycles. The van der Waals surface area contributed by atoms with Crippen LogP contribution in [0.3, 0.4) is 0 Å². The van der Waals surface area contributed by atoms with E-state index in [1.165, 1.54) is 0 Å². The average molecular weight is 264 g/mol. The first kappa shape index (κ1) is 16.2. The first-order valence-corrected chi connectivity index (χ1v) is 5.93. The van der Waals surface area contributed by atoms with Crippen LogP contribution in [0, 0.1) is 5.92 Å². The van der Waals surface area contributed by atoms with Crippen molar-refractivity contribution in [3.63, 3.8) is 0 Å². The Bertz CT molecular complexity index is 261. The number of carbonyl (C=O) groups is 2. The molecule has 0 aliphatic heterocycles. The molecular weight excluding hydrogens is 242 g/mol. The van der Waals surface area contributed by atoms with Crippen molar-refractivity contribution in [2.45, 2.75) is 38.6 Å². The molecule has 2 unspecified atom stereocenters. The van der Waals surface area contributed by atoms with E-state index in [0.717, 1.165) is 25.7 Å². The molecule has 1 saturated carbocycles. The Balaban J connectivity index is 0.00000256. The zero-order valence-electron chi connectivity index (χ0n) is 10.2. The Morgan fingerprint density at radius 1 is 1.29 bits per heavy atom. The van der Waals surface area contributed by atoms with Crippen LogP contribution in [0.25, 0.3) is 0 Å². The molecule has 2 atom stereocenters. The molecule has 0 spiro atoms. The minimum atomic E-state index is -0.143. The summed E-state index contributed by atoms with van der Waals surface area (Å²) in [6.45, 7) is 2.50. The molecule has 5 nitrogen and oxygen atoms in total. The van der Waals surface area contributed by atoms with Gasteiger partial charge in [-0.25, -0.2) is 0 Å². The van der Waals surface area contributed by atoms with Gasteiger partial charge in [0.05, 0.1) is 6.54 Å². The number of halogens is 1. The van der Waals surface area contributed by atoms with Crippen LogP contribution in [0.5, 0.6) is 0 Å². The summed E-state index contributed by atoms with van der Waals surface area (Å²) in [7, 11) is 0. The summed E-state index contributed by atoms with van der Waals surface area (Å²) >= 11 is 0. The minimum absolute atomic E-state index is 0. The third-order valence-electron chi connectivity index (χ3n) is 2.88. The van der Waals surface area contributed by atoms with E-state index in [4.69, 9.17) is 5.73 Å². The summed E-state index contributed by atoms with van der Waals surface area (Å²) in [5.41, 5.74) is 5.81. The van der Waals surface area contributed by atoms with E-state index in [1.54, 1.807) is 0 Å². The first-order chi connectivity index (χ1) is 7.63. The van der Waals surface area contributed by atoms with Crippen LogP contribution >= 0.6 is 12.4 Å². The van der Waals surface area contributed by atoms with Crippen molar-refractivity contribution in [1.29, 1.82) is 0 Å². The molecule has 17 heavy (non-hydrogen) atoms. The fourth-order valence-electron chi connectivity index (χ4n) is 2.04. The lowest BCUT2D eigenvalue weighted by Crippen LogP contribution is -2.42. The number of nitrogens with two attached hydrogens (primary N) is 1. The van der Waals surface area contributed by atoms with E-state index in [9.17, 15) is 9.59 Å². The molecule has 0 saturated heterocycles.